The zero-order chi connectivity index (χ0) is 11.3. The molecule has 0 spiro atoms. The van der Waals surface area contributed by atoms with Gasteiger partial charge in [0.05, 0.1) is 0 Å². The molecule has 2 nitrogen and oxygen atoms in total. The average molecular weight is 218 g/mol. The highest BCUT2D eigenvalue weighted by Crippen LogP contribution is 2.34. The molecule has 0 amide bonds. The van der Waals surface area contributed by atoms with E-state index in [2.05, 4.69) is 29.4 Å². The molecule has 1 aliphatic carbocycles. The van der Waals surface area contributed by atoms with Crippen LogP contribution in [0.4, 0.5) is 0 Å². The highest BCUT2D eigenvalue weighted by atomic mass is 14.9. The van der Waals surface area contributed by atoms with Crippen LogP contribution < -0.4 is 5.32 Å². The number of hydrogen-bond acceptors (Lipinski definition) is 2. The van der Waals surface area contributed by atoms with Crippen LogP contribution >= 0.6 is 0 Å². The molecule has 0 radical (unpaired) electrons. The second-order valence-electron chi connectivity index (χ2n) is 5.33. The van der Waals surface area contributed by atoms with Gasteiger partial charge in [0.2, 0.25) is 0 Å². The lowest BCUT2D eigenvalue weighted by Crippen LogP contribution is -2.33. The number of rotatable bonds is 4. The van der Waals surface area contributed by atoms with Crippen LogP contribution in [0, 0.1) is 5.41 Å². The minimum Gasteiger partial charge on any atom is -0.312 e. The predicted octanol–water partition coefficient (Wildman–Crippen LogP) is 3.14. The minimum absolute atomic E-state index is 0.533. The average Bonchev–Trinajstić information content (AvgIpc) is 2.31. The fraction of sp³-hybridized carbons (Fsp3) is 0.643. The van der Waals surface area contributed by atoms with Gasteiger partial charge in [0.15, 0.2) is 0 Å². The number of aromatic nitrogens is 1. The second-order valence-corrected chi connectivity index (χ2v) is 5.33. The zero-order valence-electron chi connectivity index (χ0n) is 10.2. The summed E-state index contributed by atoms with van der Waals surface area (Å²) in [5, 5.41) is 3.58. The van der Waals surface area contributed by atoms with Crippen molar-refractivity contribution in [2.75, 3.05) is 6.54 Å². The maximum absolute atomic E-state index is 4.03. The van der Waals surface area contributed by atoms with Gasteiger partial charge < -0.3 is 5.32 Å². The molecule has 2 rings (SSSR count). The van der Waals surface area contributed by atoms with Gasteiger partial charge in [0.25, 0.3) is 0 Å². The molecule has 16 heavy (non-hydrogen) atoms. The van der Waals surface area contributed by atoms with Gasteiger partial charge in [-0.1, -0.05) is 26.2 Å². The molecule has 0 aliphatic heterocycles. The normalized spacial score (nSPS) is 19.6. The summed E-state index contributed by atoms with van der Waals surface area (Å²) >= 11 is 0. The molecule has 1 aromatic rings. The van der Waals surface area contributed by atoms with Crippen molar-refractivity contribution in [1.82, 2.24) is 10.3 Å². The highest BCUT2D eigenvalue weighted by Gasteiger charge is 2.25. The lowest BCUT2D eigenvalue weighted by atomic mass is 9.76. The van der Waals surface area contributed by atoms with Gasteiger partial charge in [-0.25, -0.2) is 0 Å². The van der Waals surface area contributed by atoms with Gasteiger partial charge >= 0.3 is 0 Å². The van der Waals surface area contributed by atoms with Crippen LogP contribution in [0.3, 0.4) is 0 Å². The molecular formula is C14H22N2. The van der Waals surface area contributed by atoms with E-state index in [1.54, 1.807) is 0 Å². The van der Waals surface area contributed by atoms with Crippen molar-refractivity contribution in [3.05, 3.63) is 30.1 Å². The van der Waals surface area contributed by atoms with Gasteiger partial charge in [0, 0.05) is 25.5 Å². The van der Waals surface area contributed by atoms with Gasteiger partial charge in [-0.05, 0) is 36.0 Å². The van der Waals surface area contributed by atoms with E-state index < -0.39 is 0 Å². The number of nitrogens with zero attached hydrogens (tertiary/aromatic N) is 1. The molecule has 1 heterocycles. The van der Waals surface area contributed by atoms with E-state index in [9.17, 15) is 0 Å². The second kappa shape index (κ2) is 5.44. The summed E-state index contributed by atoms with van der Waals surface area (Å²) in [4.78, 5) is 4.03. The van der Waals surface area contributed by atoms with E-state index in [0.717, 1.165) is 13.1 Å². The van der Waals surface area contributed by atoms with Gasteiger partial charge in [-0.2, -0.15) is 0 Å². The van der Waals surface area contributed by atoms with Crippen molar-refractivity contribution in [1.29, 1.82) is 0 Å². The lowest BCUT2D eigenvalue weighted by Gasteiger charge is -2.33. The summed E-state index contributed by atoms with van der Waals surface area (Å²) in [5.74, 6) is 0. The van der Waals surface area contributed by atoms with Crippen molar-refractivity contribution in [2.24, 2.45) is 5.41 Å². The van der Waals surface area contributed by atoms with Crippen molar-refractivity contribution < 1.29 is 0 Å². The maximum atomic E-state index is 4.03. The summed E-state index contributed by atoms with van der Waals surface area (Å²) in [7, 11) is 0. The van der Waals surface area contributed by atoms with Gasteiger partial charge in [0.1, 0.15) is 0 Å². The molecule has 0 unspecified atom stereocenters. The molecule has 0 aromatic carbocycles. The Labute approximate surface area is 98.5 Å². The molecule has 1 N–H and O–H groups in total. The van der Waals surface area contributed by atoms with Gasteiger partial charge in [-0.3, -0.25) is 4.98 Å². The number of hydrogen-bond donors (Lipinski definition) is 1. The lowest BCUT2D eigenvalue weighted by molar-refractivity contribution is 0.207. The number of nitrogens with one attached hydrogen (secondary N) is 1. The molecule has 1 saturated carbocycles. The van der Waals surface area contributed by atoms with Gasteiger partial charge in [-0.15, -0.1) is 0 Å². The Kier molecular flexibility index (Phi) is 3.94. The SMILES string of the molecule is CC1(CNCc2ccncc2)CCCCC1. The van der Waals surface area contributed by atoms with Crippen LogP contribution in [-0.2, 0) is 6.54 Å². The smallest absolute Gasteiger partial charge is 0.0271 e. The fourth-order valence-electron chi connectivity index (χ4n) is 2.59. The minimum atomic E-state index is 0.533. The van der Waals surface area contributed by atoms with E-state index in [4.69, 9.17) is 0 Å². The molecule has 88 valence electrons. The molecule has 1 aliphatic rings. The van der Waals surface area contributed by atoms with Crippen LogP contribution in [0.2, 0.25) is 0 Å². The monoisotopic (exact) mass is 218 g/mol. The van der Waals surface area contributed by atoms with Crippen LogP contribution in [0.15, 0.2) is 24.5 Å². The van der Waals surface area contributed by atoms with Crippen LogP contribution in [0.25, 0.3) is 0 Å². The maximum Gasteiger partial charge on any atom is 0.0271 e. The summed E-state index contributed by atoms with van der Waals surface area (Å²) < 4.78 is 0. The Bertz CT molecular complexity index is 302. The Hall–Kier alpha value is -0.890. The molecule has 2 heteroatoms. The van der Waals surface area contributed by atoms with Crippen molar-refractivity contribution in [3.63, 3.8) is 0 Å². The Morgan fingerprint density at radius 1 is 1.19 bits per heavy atom. The van der Waals surface area contributed by atoms with Crippen LogP contribution in [-0.4, -0.2) is 11.5 Å². The first-order valence-corrected chi connectivity index (χ1v) is 6.38. The van der Waals surface area contributed by atoms with E-state index in [1.807, 2.05) is 12.4 Å². The third kappa shape index (κ3) is 3.31. The Morgan fingerprint density at radius 3 is 2.56 bits per heavy atom. The zero-order valence-corrected chi connectivity index (χ0v) is 10.2. The summed E-state index contributed by atoms with van der Waals surface area (Å²) in [6.45, 7) is 4.54. The molecule has 1 fully saturated rings. The Balaban J connectivity index is 1.75. The third-order valence-electron chi connectivity index (χ3n) is 3.69. The van der Waals surface area contributed by atoms with Crippen LogP contribution in [0.1, 0.15) is 44.6 Å². The van der Waals surface area contributed by atoms with E-state index in [-0.39, 0.29) is 0 Å². The third-order valence-corrected chi connectivity index (χ3v) is 3.69. The number of pyridine rings is 1. The molecular weight excluding hydrogens is 196 g/mol. The molecule has 0 saturated heterocycles. The fourth-order valence-corrected chi connectivity index (χ4v) is 2.59. The summed E-state index contributed by atoms with van der Waals surface area (Å²) in [6.07, 6.45) is 10.7. The largest absolute Gasteiger partial charge is 0.312 e. The standard InChI is InChI=1S/C14H22N2/c1-14(7-3-2-4-8-14)12-16-11-13-5-9-15-10-6-13/h5-6,9-10,16H,2-4,7-8,11-12H2,1H3. The predicted molar refractivity (Wildman–Crippen MR) is 67.1 cm³/mol. The first-order chi connectivity index (χ1) is 7.79. The van der Waals surface area contributed by atoms with E-state index in [0.29, 0.717) is 5.41 Å². The van der Waals surface area contributed by atoms with Crippen LogP contribution in [0.5, 0.6) is 0 Å². The first kappa shape index (κ1) is 11.6. The van der Waals surface area contributed by atoms with Crippen molar-refractivity contribution >= 4 is 0 Å². The molecule has 1 aromatic heterocycles. The topological polar surface area (TPSA) is 24.9 Å². The Morgan fingerprint density at radius 2 is 1.88 bits per heavy atom. The quantitative estimate of drug-likeness (QED) is 0.839. The van der Waals surface area contributed by atoms with Crippen molar-refractivity contribution in [2.45, 2.75) is 45.6 Å². The van der Waals surface area contributed by atoms with E-state index >= 15 is 0 Å². The molecule has 0 atom stereocenters. The first-order valence-electron chi connectivity index (χ1n) is 6.38. The summed E-state index contributed by atoms with van der Waals surface area (Å²) in [6, 6.07) is 4.16. The molecule has 0 bridgehead atoms. The highest BCUT2D eigenvalue weighted by molar-refractivity contribution is 5.09. The van der Waals surface area contributed by atoms with Crippen molar-refractivity contribution in [3.8, 4) is 0 Å². The summed E-state index contributed by atoms with van der Waals surface area (Å²) in [5.41, 5.74) is 1.86. The van der Waals surface area contributed by atoms with E-state index in [1.165, 1.54) is 37.7 Å².